The number of aliphatic hydroxyl groups excluding tert-OH is 1. The van der Waals surface area contributed by atoms with Crippen LogP contribution in [0.4, 0.5) is 0 Å². The minimum atomic E-state index is -0.919. The van der Waals surface area contributed by atoms with Crippen molar-refractivity contribution < 1.29 is 9.84 Å². The van der Waals surface area contributed by atoms with E-state index in [0.717, 1.165) is 11.1 Å². The first kappa shape index (κ1) is 15.2. The van der Waals surface area contributed by atoms with Crippen LogP contribution in [-0.4, -0.2) is 9.94 Å². The molecule has 106 valence electrons. The van der Waals surface area contributed by atoms with Crippen LogP contribution in [0.15, 0.2) is 48.5 Å². The molecule has 0 aromatic heterocycles. The van der Waals surface area contributed by atoms with Crippen LogP contribution in [0, 0.1) is 6.92 Å². The van der Waals surface area contributed by atoms with Crippen molar-refractivity contribution in [1.29, 1.82) is 0 Å². The molecule has 0 fully saturated rings. The van der Waals surface area contributed by atoms with Crippen LogP contribution in [-0.2, 0) is 6.61 Å². The zero-order valence-electron chi connectivity index (χ0n) is 11.1. The van der Waals surface area contributed by atoms with Gasteiger partial charge in [-0.3, -0.25) is 0 Å². The molecule has 0 aliphatic carbocycles. The molecule has 2 rings (SSSR count). The third-order valence-corrected chi connectivity index (χ3v) is 3.38. The van der Waals surface area contributed by atoms with Crippen molar-refractivity contribution in [2.45, 2.75) is 24.5 Å². The number of halogens is 2. The molecule has 0 bridgehead atoms. The molecule has 2 aromatic carbocycles. The molecule has 1 unspecified atom stereocenters. The van der Waals surface area contributed by atoms with Crippen LogP contribution >= 0.6 is 23.2 Å². The van der Waals surface area contributed by atoms with Gasteiger partial charge in [0, 0.05) is 0 Å². The fourth-order valence-corrected chi connectivity index (χ4v) is 2.21. The normalized spacial score (nSPS) is 12.4. The van der Waals surface area contributed by atoms with Gasteiger partial charge in [0.1, 0.15) is 23.3 Å². The van der Waals surface area contributed by atoms with Crippen molar-refractivity contribution in [3.63, 3.8) is 0 Å². The minimum absolute atomic E-state index is 0.477. The average Bonchev–Trinajstić information content (AvgIpc) is 2.44. The van der Waals surface area contributed by atoms with Gasteiger partial charge in [0.05, 0.1) is 0 Å². The highest BCUT2D eigenvalue weighted by Crippen LogP contribution is 2.28. The van der Waals surface area contributed by atoms with Gasteiger partial charge < -0.3 is 9.84 Å². The zero-order valence-corrected chi connectivity index (χ0v) is 12.6. The van der Waals surface area contributed by atoms with Gasteiger partial charge in [-0.1, -0.05) is 36.4 Å². The van der Waals surface area contributed by atoms with Gasteiger partial charge in [-0.15, -0.1) is 23.2 Å². The highest BCUT2D eigenvalue weighted by atomic mass is 35.5. The molecule has 0 saturated carbocycles. The van der Waals surface area contributed by atoms with Crippen LogP contribution in [0.25, 0.3) is 0 Å². The molecule has 0 amide bonds. The first-order valence-corrected chi connectivity index (χ1v) is 7.18. The molecule has 0 aliphatic rings. The van der Waals surface area contributed by atoms with Crippen LogP contribution < -0.4 is 4.74 Å². The number of alkyl halides is 2. The lowest BCUT2D eigenvalue weighted by Crippen LogP contribution is -2.06. The summed E-state index contributed by atoms with van der Waals surface area (Å²) in [6.07, 6.45) is -0.919. The molecule has 1 N–H and O–H groups in total. The monoisotopic (exact) mass is 310 g/mol. The van der Waals surface area contributed by atoms with Gasteiger partial charge in [0.15, 0.2) is 0 Å². The first-order chi connectivity index (χ1) is 9.56. The second-order valence-electron chi connectivity index (χ2n) is 4.63. The van der Waals surface area contributed by atoms with Crippen LogP contribution in [0.2, 0.25) is 0 Å². The Morgan fingerprint density at radius 3 is 2.45 bits per heavy atom. The van der Waals surface area contributed by atoms with E-state index in [9.17, 15) is 5.11 Å². The lowest BCUT2D eigenvalue weighted by Gasteiger charge is -2.15. The van der Waals surface area contributed by atoms with Gasteiger partial charge in [-0.2, -0.15) is 0 Å². The zero-order chi connectivity index (χ0) is 14.5. The Balaban J connectivity index is 2.12. The first-order valence-electron chi connectivity index (χ1n) is 6.31. The molecule has 2 nitrogen and oxygen atoms in total. The lowest BCUT2D eigenvalue weighted by molar-refractivity contribution is 0.192. The van der Waals surface area contributed by atoms with Gasteiger partial charge in [0.2, 0.25) is 0 Å². The summed E-state index contributed by atoms with van der Waals surface area (Å²) in [5.41, 5.74) is 2.73. The molecule has 0 saturated heterocycles. The third kappa shape index (κ3) is 4.14. The Bertz CT molecular complexity index is 556. The van der Waals surface area contributed by atoms with Crippen molar-refractivity contribution in [1.82, 2.24) is 0 Å². The van der Waals surface area contributed by atoms with E-state index < -0.39 is 10.9 Å². The molecular formula is C16H16Cl2O2. The Hall–Kier alpha value is -1.22. The Kier molecular flexibility index (Phi) is 5.30. The van der Waals surface area contributed by atoms with Crippen molar-refractivity contribution in [3.05, 3.63) is 65.2 Å². The number of ether oxygens (including phenoxy) is 1. The SMILES string of the molecule is Cc1cc(OCc2ccccc2)cc(C(O)C(Cl)Cl)c1. The average molecular weight is 311 g/mol. The second kappa shape index (κ2) is 6.98. The molecule has 20 heavy (non-hydrogen) atoms. The highest BCUT2D eigenvalue weighted by Gasteiger charge is 2.16. The van der Waals surface area contributed by atoms with E-state index in [0.29, 0.717) is 17.9 Å². The Labute approximate surface area is 128 Å². The predicted octanol–water partition coefficient (Wildman–Crippen LogP) is 4.41. The highest BCUT2D eigenvalue weighted by molar-refractivity contribution is 6.44. The second-order valence-corrected chi connectivity index (χ2v) is 5.80. The number of rotatable bonds is 5. The number of aliphatic hydroxyl groups is 1. The molecule has 2 aromatic rings. The van der Waals surface area contributed by atoms with Gasteiger partial charge >= 0.3 is 0 Å². The maximum Gasteiger partial charge on any atom is 0.137 e. The number of hydrogen-bond acceptors (Lipinski definition) is 2. The predicted molar refractivity (Wildman–Crippen MR) is 82.4 cm³/mol. The summed E-state index contributed by atoms with van der Waals surface area (Å²) in [5.74, 6) is 0.692. The minimum Gasteiger partial charge on any atom is -0.489 e. The van der Waals surface area contributed by atoms with Crippen molar-refractivity contribution in [2.24, 2.45) is 0 Å². The largest absolute Gasteiger partial charge is 0.489 e. The summed E-state index contributed by atoms with van der Waals surface area (Å²) in [6, 6.07) is 15.4. The summed E-state index contributed by atoms with van der Waals surface area (Å²) in [5, 5.41) is 9.91. The summed E-state index contributed by atoms with van der Waals surface area (Å²) in [4.78, 5) is -0.862. The van der Waals surface area contributed by atoms with E-state index in [2.05, 4.69) is 0 Å². The van der Waals surface area contributed by atoms with E-state index in [1.165, 1.54) is 0 Å². The molecule has 4 heteroatoms. The maximum absolute atomic E-state index is 9.91. The number of benzene rings is 2. The molecular weight excluding hydrogens is 295 g/mol. The van der Waals surface area contributed by atoms with Gasteiger partial charge in [-0.05, 0) is 35.7 Å². The van der Waals surface area contributed by atoms with E-state index in [1.54, 1.807) is 6.07 Å². The summed E-state index contributed by atoms with van der Waals surface area (Å²) >= 11 is 11.4. The lowest BCUT2D eigenvalue weighted by atomic mass is 10.1. The van der Waals surface area contributed by atoms with Crippen molar-refractivity contribution >= 4 is 23.2 Å². The third-order valence-electron chi connectivity index (χ3n) is 2.90. The van der Waals surface area contributed by atoms with Crippen LogP contribution in [0.3, 0.4) is 0 Å². The summed E-state index contributed by atoms with van der Waals surface area (Å²) in [7, 11) is 0. The van der Waals surface area contributed by atoms with Crippen LogP contribution in [0.1, 0.15) is 22.8 Å². The molecule has 1 atom stereocenters. The fourth-order valence-electron chi connectivity index (χ4n) is 1.92. The molecule has 0 heterocycles. The van der Waals surface area contributed by atoms with Crippen LogP contribution in [0.5, 0.6) is 5.75 Å². The quantitative estimate of drug-likeness (QED) is 0.829. The van der Waals surface area contributed by atoms with Gasteiger partial charge in [-0.25, -0.2) is 0 Å². The molecule has 0 aliphatic heterocycles. The fraction of sp³-hybridized carbons (Fsp3) is 0.250. The van der Waals surface area contributed by atoms with E-state index in [4.69, 9.17) is 27.9 Å². The van der Waals surface area contributed by atoms with Gasteiger partial charge in [0.25, 0.3) is 0 Å². The molecule has 0 radical (unpaired) electrons. The smallest absolute Gasteiger partial charge is 0.137 e. The topological polar surface area (TPSA) is 29.5 Å². The van der Waals surface area contributed by atoms with Crippen molar-refractivity contribution in [2.75, 3.05) is 0 Å². The number of aryl methyl sites for hydroxylation is 1. The maximum atomic E-state index is 9.91. The Morgan fingerprint density at radius 1 is 1.10 bits per heavy atom. The standard InChI is InChI=1S/C16H16Cl2O2/c1-11-7-13(15(19)16(17)18)9-14(8-11)20-10-12-5-3-2-4-6-12/h2-9,15-16,19H,10H2,1H3. The van der Waals surface area contributed by atoms with E-state index >= 15 is 0 Å². The van der Waals surface area contributed by atoms with E-state index in [1.807, 2.05) is 49.4 Å². The Morgan fingerprint density at radius 2 is 1.80 bits per heavy atom. The summed E-state index contributed by atoms with van der Waals surface area (Å²) < 4.78 is 5.75. The number of hydrogen-bond donors (Lipinski definition) is 1. The van der Waals surface area contributed by atoms with E-state index in [-0.39, 0.29) is 0 Å². The molecule has 0 spiro atoms. The van der Waals surface area contributed by atoms with Crippen molar-refractivity contribution in [3.8, 4) is 5.75 Å². The summed E-state index contributed by atoms with van der Waals surface area (Å²) in [6.45, 7) is 2.41.